The summed E-state index contributed by atoms with van der Waals surface area (Å²) in [5.74, 6) is 0.697. The van der Waals surface area contributed by atoms with Crippen LogP contribution in [-0.4, -0.2) is 14.5 Å². The SMILES string of the molecule is C=C/C=C\C(=C/C)c1cc(-c2ccc(-n3c4ccc(C(/C=C\C)=C/CC)cc4c4ccc5c6ccccc6sc5c43)cc2)nc(-c2ccccc2)n1.CC. The Morgan fingerprint density at radius 2 is 1.48 bits per heavy atom. The fourth-order valence-electron chi connectivity index (χ4n) is 7.15. The fraction of sp³-hybridized carbons (Fsp3) is 0.120. The van der Waals surface area contributed by atoms with Crippen molar-refractivity contribution in [2.75, 3.05) is 0 Å². The van der Waals surface area contributed by atoms with E-state index in [1.165, 1.54) is 53.1 Å². The molecule has 3 aromatic heterocycles. The molecule has 266 valence electrons. The highest BCUT2D eigenvalue weighted by atomic mass is 32.1. The number of fused-ring (bicyclic) bond motifs is 7. The number of allylic oxidation sites excluding steroid dienone is 9. The number of thiophene rings is 1. The molecule has 0 aliphatic carbocycles. The van der Waals surface area contributed by atoms with Crippen molar-refractivity contribution >= 4 is 64.5 Å². The van der Waals surface area contributed by atoms with Gasteiger partial charge in [0.2, 0.25) is 0 Å². The largest absolute Gasteiger partial charge is 0.308 e. The van der Waals surface area contributed by atoms with Crippen LogP contribution >= 0.6 is 11.3 Å². The smallest absolute Gasteiger partial charge is 0.160 e. The third kappa shape index (κ3) is 6.77. The van der Waals surface area contributed by atoms with Gasteiger partial charge in [-0.1, -0.05) is 149 Å². The minimum Gasteiger partial charge on any atom is -0.308 e. The normalized spacial score (nSPS) is 12.4. The minimum absolute atomic E-state index is 0.697. The minimum atomic E-state index is 0.697. The molecular weight excluding hydrogens is 675 g/mol. The molecule has 0 aliphatic rings. The van der Waals surface area contributed by atoms with Crippen LogP contribution in [0.25, 0.3) is 81.5 Å². The first-order chi connectivity index (χ1) is 26.6. The molecule has 0 spiro atoms. The Morgan fingerprint density at radius 3 is 2.22 bits per heavy atom. The summed E-state index contributed by atoms with van der Waals surface area (Å²) in [6.45, 7) is 14.2. The Morgan fingerprint density at radius 1 is 0.722 bits per heavy atom. The molecule has 8 aromatic rings. The van der Waals surface area contributed by atoms with E-state index < -0.39 is 0 Å². The topological polar surface area (TPSA) is 30.7 Å². The zero-order valence-corrected chi connectivity index (χ0v) is 32.5. The van der Waals surface area contributed by atoms with E-state index in [-0.39, 0.29) is 0 Å². The Hall–Kier alpha value is -6.10. The van der Waals surface area contributed by atoms with E-state index in [1.54, 1.807) is 6.08 Å². The molecular formula is C50H45N3S. The molecule has 0 saturated carbocycles. The lowest BCUT2D eigenvalue weighted by Crippen LogP contribution is -1.98. The van der Waals surface area contributed by atoms with Gasteiger partial charge in [0.1, 0.15) is 0 Å². The first-order valence-electron chi connectivity index (χ1n) is 18.8. The summed E-state index contributed by atoms with van der Waals surface area (Å²) in [6, 6.07) is 41.4. The highest BCUT2D eigenvalue weighted by Crippen LogP contribution is 2.43. The molecule has 0 bridgehead atoms. The summed E-state index contributed by atoms with van der Waals surface area (Å²) in [5.41, 5.74) is 10.8. The molecule has 8 rings (SSSR count). The summed E-state index contributed by atoms with van der Waals surface area (Å²) >= 11 is 1.88. The van der Waals surface area contributed by atoms with Crippen molar-refractivity contribution < 1.29 is 0 Å². The molecule has 5 aromatic carbocycles. The maximum absolute atomic E-state index is 5.09. The second kappa shape index (κ2) is 16.3. The standard InChI is InChI=1S/C48H39N3S.C2H6/c1-5-9-17-32(8-4)42-31-43(50-48(49-42)35-18-11-10-12-19-35)34-22-25-37(26-23-34)51-44-29-24-36(33(15-6-2)16-7-3)30-41(44)39-27-28-40-38-20-13-14-21-45(38)52-47(40)46(39)51;1-2/h5-6,8-31H,1,7H2,2-4H3;1-2H3/b15-6-,17-9-,32-8+,33-16+;. The molecule has 0 saturated heterocycles. The van der Waals surface area contributed by atoms with Crippen LogP contribution in [0.5, 0.6) is 0 Å². The lowest BCUT2D eigenvalue weighted by atomic mass is 10.0. The third-order valence-electron chi connectivity index (χ3n) is 9.57. The molecule has 3 nitrogen and oxygen atoms in total. The molecule has 0 radical (unpaired) electrons. The first-order valence-corrected chi connectivity index (χ1v) is 19.7. The van der Waals surface area contributed by atoms with E-state index in [0.717, 1.165) is 40.2 Å². The Kier molecular flexibility index (Phi) is 10.9. The van der Waals surface area contributed by atoms with Gasteiger partial charge in [0.05, 0.1) is 27.1 Å². The second-order valence-corrected chi connectivity index (χ2v) is 13.8. The van der Waals surface area contributed by atoms with Gasteiger partial charge in [0, 0.05) is 43.1 Å². The lowest BCUT2D eigenvalue weighted by molar-refractivity contribution is 1.15. The zero-order valence-electron chi connectivity index (χ0n) is 31.7. The Labute approximate surface area is 322 Å². The Balaban J connectivity index is 0.00000221. The van der Waals surface area contributed by atoms with Gasteiger partial charge in [-0.3, -0.25) is 0 Å². The predicted molar refractivity (Wildman–Crippen MR) is 238 cm³/mol. The predicted octanol–water partition coefficient (Wildman–Crippen LogP) is 14.8. The van der Waals surface area contributed by atoms with Crippen molar-refractivity contribution in [1.29, 1.82) is 0 Å². The molecule has 0 N–H and O–H groups in total. The molecule has 0 atom stereocenters. The second-order valence-electron chi connectivity index (χ2n) is 12.8. The number of nitrogens with zero attached hydrogens (tertiary/aromatic N) is 3. The van der Waals surface area contributed by atoms with E-state index in [0.29, 0.717) is 5.82 Å². The van der Waals surface area contributed by atoms with Crippen molar-refractivity contribution in [2.24, 2.45) is 0 Å². The van der Waals surface area contributed by atoms with E-state index >= 15 is 0 Å². The summed E-state index contributed by atoms with van der Waals surface area (Å²) in [6.07, 6.45) is 15.5. The summed E-state index contributed by atoms with van der Waals surface area (Å²) in [4.78, 5) is 10.1. The molecule has 0 amide bonds. The van der Waals surface area contributed by atoms with Crippen molar-refractivity contribution in [3.8, 4) is 28.3 Å². The maximum atomic E-state index is 5.09. The van der Waals surface area contributed by atoms with Crippen molar-refractivity contribution in [3.63, 3.8) is 0 Å². The van der Waals surface area contributed by atoms with Crippen LogP contribution in [0.2, 0.25) is 0 Å². The van der Waals surface area contributed by atoms with E-state index in [2.05, 4.69) is 146 Å². The number of rotatable bonds is 9. The molecule has 0 fully saturated rings. The number of aromatic nitrogens is 3. The van der Waals surface area contributed by atoms with E-state index in [9.17, 15) is 0 Å². The fourth-order valence-corrected chi connectivity index (χ4v) is 8.39. The van der Waals surface area contributed by atoms with E-state index in [4.69, 9.17) is 9.97 Å². The van der Waals surface area contributed by atoms with Crippen LogP contribution < -0.4 is 0 Å². The van der Waals surface area contributed by atoms with Gasteiger partial charge in [-0.05, 0) is 73.4 Å². The quantitative estimate of drug-likeness (QED) is 0.139. The summed E-state index contributed by atoms with van der Waals surface area (Å²) in [7, 11) is 0. The molecule has 3 heterocycles. The maximum Gasteiger partial charge on any atom is 0.160 e. The molecule has 0 aliphatic heterocycles. The Bertz CT molecular complexity index is 2740. The average molecular weight is 720 g/mol. The number of benzene rings is 5. The van der Waals surface area contributed by atoms with Crippen LogP contribution in [0.15, 0.2) is 164 Å². The average Bonchev–Trinajstić information content (AvgIpc) is 3.78. The molecule has 4 heteroatoms. The van der Waals surface area contributed by atoms with Gasteiger partial charge in [0.25, 0.3) is 0 Å². The number of hydrogen-bond acceptors (Lipinski definition) is 3. The highest BCUT2D eigenvalue weighted by Gasteiger charge is 2.19. The van der Waals surface area contributed by atoms with Gasteiger partial charge in [-0.15, -0.1) is 11.3 Å². The van der Waals surface area contributed by atoms with Crippen LogP contribution in [-0.2, 0) is 0 Å². The molecule has 54 heavy (non-hydrogen) atoms. The van der Waals surface area contributed by atoms with Crippen molar-refractivity contribution in [3.05, 3.63) is 176 Å². The first kappa shape index (κ1) is 36.3. The van der Waals surface area contributed by atoms with Crippen LogP contribution in [0.3, 0.4) is 0 Å². The van der Waals surface area contributed by atoms with E-state index in [1.807, 2.05) is 62.5 Å². The van der Waals surface area contributed by atoms with Gasteiger partial charge in [-0.2, -0.15) is 0 Å². The van der Waals surface area contributed by atoms with Gasteiger partial charge < -0.3 is 4.57 Å². The van der Waals surface area contributed by atoms with Crippen molar-refractivity contribution in [1.82, 2.24) is 14.5 Å². The van der Waals surface area contributed by atoms with Gasteiger partial charge in [-0.25, -0.2) is 9.97 Å². The van der Waals surface area contributed by atoms with Gasteiger partial charge in [0.15, 0.2) is 5.82 Å². The van der Waals surface area contributed by atoms with Crippen LogP contribution in [0.4, 0.5) is 0 Å². The van der Waals surface area contributed by atoms with Gasteiger partial charge >= 0.3 is 0 Å². The highest BCUT2D eigenvalue weighted by molar-refractivity contribution is 7.26. The molecule has 0 unspecified atom stereocenters. The van der Waals surface area contributed by atoms with Crippen molar-refractivity contribution in [2.45, 2.75) is 41.0 Å². The van der Waals surface area contributed by atoms with Crippen LogP contribution in [0, 0.1) is 0 Å². The lowest BCUT2D eigenvalue weighted by Gasteiger charge is -2.12. The summed E-state index contributed by atoms with van der Waals surface area (Å²) < 4.78 is 5.06. The number of hydrogen-bond donors (Lipinski definition) is 0. The summed E-state index contributed by atoms with van der Waals surface area (Å²) in [5, 5.41) is 5.11. The third-order valence-corrected chi connectivity index (χ3v) is 10.8. The zero-order chi connectivity index (χ0) is 37.6. The van der Waals surface area contributed by atoms with Crippen LogP contribution in [0.1, 0.15) is 52.3 Å². The monoisotopic (exact) mass is 719 g/mol.